The molecule has 0 aliphatic carbocycles. The Kier molecular flexibility index (Phi) is 4.46. The molecule has 1 fully saturated rings. The van der Waals surface area contributed by atoms with E-state index in [0.717, 1.165) is 37.4 Å². The van der Waals surface area contributed by atoms with E-state index in [9.17, 15) is 5.11 Å². The summed E-state index contributed by atoms with van der Waals surface area (Å²) in [6.45, 7) is 8.36. The predicted molar refractivity (Wildman–Crippen MR) is 76.1 cm³/mol. The summed E-state index contributed by atoms with van der Waals surface area (Å²) >= 11 is 1.76. The highest BCUT2D eigenvalue weighted by atomic mass is 32.1. The lowest BCUT2D eigenvalue weighted by Crippen LogP contribution is -2.17. The molecule has 0 bridgehead atoms. The summed E-state index contributed by atoms with van der Waals surface area (Å²) in [5.74, 6) is 0.619. The fourth-order valence-electron chi connectivity index (χ4n) is 2.35. The Morgan fingerprint density at radius 2 is 2.00 bits per heavy atom. The fraction of sp³-hybridized carbons (Fsp3) is 0.733. The molecule has 0 saturated carbocycles. The highest BCUT2D eigenvalue weighted by Crippen LogP contribution is 2.35. The largest absolute Gasteiger partial charge is 0.388 e. The number of ether oxygens (including phenoxy) is 1. The minimum absolute atomic E-state index is 0.182. The maximum atomic E-state index is 10.3. The van der Waals surface area contributed by atoms with Gasteiger partial charge in [-0.25, -0.2) is 0 Å². The molecular formula is C15H24O2S. The molecule has 1 aliphatic heterocycles. The van der Waals surface area contributed by atoms with E-state index < -0.39 is 0 Å². The molecular weight excluding hydrogens is 244 g/mol. The van der Waals surface area contributed by atoms with Crippen LogP contribution < -0.4 is 0 Å². The molecule has 0 radical (unpaired) electrons. The molecule has 1 aromatic heterocycles. The van der Waals surface area contributed by atoms with Crippen LogP contribution in [0.1, 0.15) is 55.9 Å². The van der Waals surface area contributed by atoms with Crippen LogP contribution in [-0.4, -0.2) is 18.3 Å². The summed E-state index contributed by atoms with van der Waals surface area (Å²) in [5.41, 5.74) is 0.182. The number of hydrogen-bond donors (Lipinski definition) is 1. The molecule has 1 aliphatic rings. The van der Waals surface area contributed by atoms with E-state index in [2.05, 4.69) is 32.9 Å². The van der Waals surface area contributed by atoms with Gasteiger partial charge < -0.3 is 9.84 Å². The molecule has 2 rings (SSSR count). The highest BCUT2D eigenvalue weighted by Gasteiger charge is 2.22. The Bertz CT molecular complexity index is 372. The van der Waals surface area contributed by atoms with Crippen molar-refractivity contribution >= 4 is 11.3 Å². The third-order valence-electron chi connectivity index (χ3n) is 3.59. The molecule has 102 valence electrons. The predicted octanol–water partition coefficient (Wildman–Crippen LogP) is 3.90. The quantitative estimate of drug-likeness (QED) is 0.901. The van der Waals surface area contributed by atoms with Crippen molar-refractivity contribution in [3.63, 3.8) is 0 Å². The lowest BCUT2D eigenvalue weighted by molar-refractivity contribution is 0.0442. The summed E-state index contributed by atoms with van der Waals surface area (Å²) in [6, 6.07) is 4.25. The van der Waals surface area contributed by atoms with Crippen molar-refractivity contribution in [1.82, 2.24) is 0 Å². The van der Waals surface area contributed by atoms with Gasteiger partial charge in [0.1, 0.15) is 0 Å². The van der Waals surface area contributed by atoms with Crippen LogP contribution in [-0.2, 0) is 10.2 Å². The molecule has 0 amide bonds. The lowest BCUT2D eigenvalue weighted by Gasteiger charge is -2.24. The third kappa shape index (κ3) is 3.56. The van der Waals surface area contributed by atoms with Gasteiger partial charge in [-0.1, -0.05) is 20.8 Å². The van der Waals surface area contributed by atoms with Gasteiger partial charge in [-0.3, -0.25) is 0 Å². The van der Waals surface area contributed by atoms with E-state index in [1.165, 1.54) is 4.88 Å². The maximum Gasteiger partial charge on any atom is 0.0884 e. The first-order valence-corrected chi connectivity index (χ1v) is 7.64. The molecule has 1 saturated heterocycles. The van der Waals surface area contributed by atoms with Crippen molar-refractivity contribution in [3.05, 3.63) is 21.9 Å². The summed E-state index contributed by atoms with van der Waals surface area (Å²) in [5, 5.41) is 10.3. The van der Waals surface area contributed by atoms with Gasteiger partial charge >= 0.3 is 0 Å². The minimum atomic E-state index is -0.297. The second-order valence-corrected chi connectivity index (χ2v) is 7.37. The van der Waals surface area contributed by atoms with E-state index in [0.29, 0.717) is 5.92 Å². The summed E-state index contributed by atoms with van der Waals surface area (Å²) in [7, 11) is 0. The van der Waals surface area contributed by atoms with Crippen molar-refractivity contribution in [3.8, 4) is 0 Å². The SMILES string of the molecule is CC(C)(C)c1ccc(C(O)CC2CCOCC2)s1. The summed E-state index contributed by atoms with van der Waals surface area (Å²) in [4.78, 5) is 2.47. The molecule has 1 N–H and O–H groups in total. The first-order chi connectivity index (χ1) is 8.47. The van der Waals surface area contributed by atoms with Crippen LogP contribution in [0.2, 0.25) is 0 Å². The molecule has 2 heterocycles. The van der Waals surface area contributed by atoms with Crippen LogP contribution in [0.15, 0.2) is 12.1 Å². The first-order valence-electron chi connectivity index (χ1n) is 6.83. The molecule has 1 aromatic rings. The Balaban J connectivity index is 1.96. The van der Waals surface area contributed by atoms with Crippen LogP contribution in [0.25, 0.3) is 0 Å². The van der Waals surface area contributed by atoms with Crippen LogP contribution >= 0.6 is 11.3 Å². The van der Waals surface area contributed by atoms with Crippen molar-refractivity contribution in [2.75, 3.05) is 13.2 Å². The normalized spacial score (nSPS) is 20.0. The van der Waals surface area contributed by atoms with Crippen LogP contribution in [0.5, 0.6) is 0 Å². The average Bonchev–Trinajstić information content (AvgIpc) is 2.79. The van der Waals surface area contributed by atoms with Gasteiger partial charge in [0.25, 0.3) is 0 Å². The monoisotopic (exact) mass is 268 g/mol. The number of aliphatic hydroxyl groups is 1. The first kappa shape index (κ1) is 14.0. The van der Waals surface area contributed by atoms with E-state index >= 15 is 0 Å². The zero-order chi connectivity index (χ0) is 13.2. The zero-order valence-electron chi connectivity index (χ0n) is 11.6. The second-order valence-electron chi connectivity index (χ2n) is 6.26. The minimum Gasteiger partial charge on any atom is -0.388 e. The zero-order valence-corrected chi connectivity index (χ0v) is 12.4. The topological polar surface area (TPSA) is 29.5 Å². The van der Waals surface area contributed by atoms with Crippen molar-refractivity contribution in [2.45, 2.75) is 51.6 Å². The Morgan fingerprint density at radius 3 is 2.56 bits per heavy atom. The van der Waals surface area contributed by atoms with Gasteiger partial charge in [-0.2, -0.15) is 0 Å². The summed E-state index contributed by atoms with van der Waals surface area (Å²) in [6.07, 6.45) is 2.77. The highest BCUT2D eigenvalue weighted by molar-refractivity contribution is 7.12. The third-order valence-corrected chi connectivity index (χ3v) is 5.20. The molecule has 1 atom stereocenters. The average molecular weight is 268 g/mol. The van der Waals surface area contributed by atoms with E-state index in [-0.39, 0.29) is 11.5 Å². The fourth-order valence-corrected chi connectivity index (χ4v) is 3.41. The van der Waals surface area contributed by atoms with E-state index in [1.54, 1.807) is 11.3 Å². The Hall–Kier alpha value is -0.380. The van der Waals surface area contributed by atoms with E-state index in [4.69, 9.17) is 4.74 Å². The standard InChI is InChI=1S/C15H24O2S/c1-15(2,3)14-5-4-13(18-14)12(16)10-11-6-8-17-9-7-11/h4-5,11-12,16H,6-10H2,1-3H3. The molecule has 3 heteroatoms. The van der Waals surface area contributed by atoms with Crippen LogP contribution in [0.4, 0.5) is 0 Å². The van der Waals surface area contributed by atoms with Gasteiger partial charge in [0.05, 0.1) is 6.10 Å². The van der Waals surface area contributed by atoms with E-state index in [1.807, 2.05) is 0 Å². The lowest BCUT2D eigenvalue weighted by atomic mass is 9.93. The summed E-state index contributed by atoms with van der Waals surface area (Å²) < 4.78 is 5.36. The van der Waals surface area contributed by atoms with Gasteiger partial charge in [0, 0.05) is 23.0 Å². The van der Waals surface area contributed by atoms with Crippen LogP contribution in [0, 0.1) is 5.92 Å². The number of aliphatic hydroxyl groups excluding tert-OH is 1. The number of thiophene rings is 1. The van der Waals surface area contributed by atoms with Gasteiger partial charge in [0.15, 0.2) is 0 Å². The molecule has 1 unspecified atom stereocenters. The van der Waals surface area contributed by atoms with Crippen molar-refractivity contribution in [2.24, 2.45) is 5.92 Å². The van der Waals surface area contributed by atoms with Gasteiger partial charge in [-0.15, -0.1) is 11.3 Å². The van der Waals surface area contributed by atoms with Gasteiger partial charge in [0.2, 0.25) is 0 Å². The van der Waals surface area contributed by atoms with Crippen molar-refractivity contribution < 1.29 is 9.84 Å². The second kappa shape index (κ2) is 5.72. The molecule has 0 spiro atoms. The Labute approximate surface area is 114 Å². The number of hydrogen-bond acceptors (Lipinski definition) is 3. The molecule has 18 heavy (non-hydrogen) atoms. The molecule has 0 aromatic carbocycles. The molecule has 2 nitrogen and oxygen atoms in total. The smallest absolute Gasteiger partial charge is 0.0884 e. The number of rotatable bonds is 3. The van der Waals surface area contributed by atoms with Gasteiger partial charge in [-0.05, 0) is 42.7 Å². The van der Waals surface area contributed by atoms with Crippen LogP contribution in [0.3, 0.4) is 0 Å². The Morgan fingerprint density at radius 1 is 1.33 bits per heavy atom. The van der Waals surface area contributed by atoms with Crippen molar-refractivity contribution in [1.29, 1.82) is 0 Å². The maximum absolute atomic E-state index is 10.3.